The van der Waals surface area contributed by atoms with Gasteiger partial charge in [0.05, 0.1) is 13.1 Å². The lowest BCUT2D eigenvalue weighted by Gasteiger charge is -1.93. The number of hydrogen-bond donors (Lipinski definition) is 0. The Labute approximate surface area is 130 Å². The Morgan fingerprint density at radius 1 is 1.14 bits per heavy atom. The van der Waals surface area contributed by atoms with E-state index in [0.717, 1.165) is 13.1 Å². The van der Waals surface area contributed by atoms with Crippen molar-refractivity contribution in [1.29, 1.82) is 0 Å². The largest absolute Gasteiger partial charge is 1.00 e. The summed E-state index contributed by atoms with van der Waals surface area (Å²) < 4.78 is 7.02. The third-order valence-electron chi connectivity index (χ3n) is 1.85. The SMILES string of the molecule is ICCCn1cc[n+](CCCI)c1.[I-]. The van der Waals surface area contributed by atoms with Gasteiger partial charge in [0.15, 0.2) is 0 Å². The van der Waals surface area contributed by atoms with Gasteiger partial charge >= 0.3 is 0 Å². The third kappa shape index (κ3) is 6.09. The highest BCUT2D eigenvalue weighted by atomic mass is 127. The topological polar surface area (TPSA) is 8.81 Å². The van der Waals surface area contributed by atoms with Crippen LogP contribution in [0.1, 0.15) is 12.8 Å². The van der Waals surface area contributed by atoms with Gasteiger partial charge in [-0.15, -0.1) is 0 Å². The molecule has 0 bridgehead atoms. The minimum Gasteiger partial charge on any atom is -1.00 e. The van der Waals surface area contributed by atoms with Crippen LogP contribution in [0.3, 0.4) is 0 Å². The fourth-order valence-corrected chi connectivity index (χ4v) is 1.87. The minimum atomic E-state index is 0. The Balaban J connectivity index is 0.00000169. The van der Waals surface area contributed by atoms with Crippen LogP contribution < -0.4 is 28.5 Å². The van der Waals surface area contributed by atoms with Crippen LogP contribution in [0.15, 0.2) is 18.7 Å². The highest BCUT2D eigenvalue weighted by Gasteiger charge is 2.01. The van der Waals surface area contributed by atoms with Crippen molar-refractivity contribution >= 4 is 45.2 Å². The number of halogens is 3. The quantitative estimate of drug-likeness (QED) is 0.264. The number of rotatable bonds is 6. The maximum absolute atomic E-state index is 2.42. The van der Waals surface area contributed by atoms with E-state index in [9.17, 15) is 0 Å². The number of imidazole rings is 1. The van der Waals surface area contributed by atoms with Crippen LogP contribution in [-0.2, 0) is 13.1 Å². The first-order valence-electron chi connectivity index (χ1n) is 4.53. The lowest BCUT2D eigenvalue weighted by Crippen LogP contribution is -3.00. The molecule has 14 heavy (non-hydrogen) atoms. The molecule has 0 saturated carbocycles. The molecule has 0 atom stereocenters. The summed E-state index contributed by atoms with van der Waals surface area (Å²) in [6.45, 7) is 2.31. The first-order valence-corrected chi connectivity index (χ1v) is 7.58. The van der Waals surface area contributed by atoms with Crippen LogP contribution in [0.25, 0.3) is 0 Å². The fourth-order valence-electron chi connectivity index (χ4n) is 1.19. The molecule has 0 aromatic carbocycles. The minimum absolute atomic E-state index is 0. The zero-order valence-electron chi connectivity index (χ0n) is 8.00. The van der Waals surface area contributed by atoms with Crippen molar-refractivity contribution in [2.75, 3.05) is 8.86 Å². The Kier molecular flexibility index (Phi) is 10.6. The second-order valence-corrected chi connectivity index (χ2v) is 5.13. The molecule has 0 N–H and O–H groups in total. The van der Waals surface area contributed by atoms with E-state index in [0.29, 0.717) is 0 Å². The van der Waals surface area contributed by atoms with E-state index in [4.69, 9.17) is 0 Å². The van der Waals surface area contributed by atoms with Crippen LogP contribution in [0.5, 0.6) is 0 Å². The number of hydrogen-bond acceptors (Lipinski definition) is 0. The van der Waals surface area contributed by atoms with Gasteiger partial charge in [0.2, 0.25) is 6.33 Å². The normalized spacial score (nSPS) is 9.86. The molecule has 0 aliphatic rings. The number of nitrogens with zero attached hydrogens (tertiary/aromatic N) is 2. The summed E-state index contributed by atoms with van der Waals surface area (Å²) in [7, 11) is 0. The summed E-state index contributed by atoms with van der Waals surface area (Å²) in [6, 6.07) is 0. The van der Waals surface area contributed by atoms with Crippen LogP contribution in [0.2, 0.25) is 0 Å². The van der Waals surface area contributed by atoms with Gasteiger partial charge in [0.1, 0.15) is 12.4 Å². The van der Waals surface area contributed by atoms with Crippen molar-refractivity contribution in [2.24, 2.45) is 0 Å². The van der Waals surface area contributed by atoms with Gasteiger partial charge in [-0.1, -0.05) is 45.2 Å². The Hall–Kier alpha value is 1.40. The van der Waals surface area contributed by atoms with Crippen molar-refractivity contribution in [1.82, 2.24) is 4.57 Å². The highest BCUT2D eigenvalue weighted by molar-refractivity contribution is 14.1. The molecule has 1 aromatic rings. The first kappa shape index (κ1) is 15.4. The van der Waals surface area contributed by atoms with Crippen LogP contribution in [-0.4, -0.2) is 13.4 Å². The average molecular weight is 532 g/mol. The molecule has 0 amide bonds. The van der Waals surface area contributed by atoms with Crippen LogP contribution in [0.4, 0.5) is 0 Å². The van der Waals surface area contributed by atoms with Crippen LogP contribution in [0, 0.1) is 0 Å². The number of aromatic nitrogens is 2. The maximum atomic E-state index is 2.42. The van der Waals surface area contributed by atoms with Crippen molar-refractivity contribution in [2.45, 2.75) is 25.9 Å². The molecule has 0 aliphatic carbocycles. The van der Waals surface area contributed by atoms with Gasteiger partial charge in [0, 0.05) is 8.86 Å². The molecule has 1 aromatic heterocycles. The third-order valence-corrected chi connectivity index (χ3v) is 3.37. The predicted octanol–water partition coefficient (Wildman–Crippen LogP) is -0.570. The average Bonchev–Trinajstić information content (AvgIpc) is 2.59. The Morgan fingerprint density at radius 3 is 2.50 bits per heavy atom. The van der Waals surface area contributed by atoms with Gasteiger partial charge in [0.25, 0.3) is 0 Å². The van der Waals surface area contributed by atoms with E-state index in [1.807, 2.05) is 0 Å². The van der Waals surface area contributed by atoms with E-state index in [1.54, 1.807) is 0 Å². The fraction of sp³-hybridized carbons (Fsp3) is 0.667. The molecule has 0 fully saturated rings. The van der Waals surface area contributed by atoms with Gasteiger partial charge in [-0.05, 0) is 12.8 Å². The van der Waals surface area contributed by atoms with Gasteiger partial charge in [-0.25, -0.2) is 9.13 Å². The number of alkyl halides is 2. The smallest absolute Gasteiger partial charge is 0.243 e. The standard InChI is InChI=1S/C9H15I2N2.HI/c10-3-1-5-12-7-8-13(9-12)6-2-4-11;/h7-9H,1-6H2;1H/q+1;/p-1. The summed E-state index contributed by atoms with van der Waals surface area (Å²) in [4.78, 5) is 0. The first-order chi connectivity index (χ1) is 6.36. The van der Waals surface area contributed by atoms with Crippen molar-refractivity contribution in [3.05, 3.63) is 18.7 Å². The van der Waals surface area contributed by atoms with E-state index in [1.165, 1.54) is 21.7 Å². The molecular formula is C9H15I3N2. The monoisotopic (exact) mass is 532 g/mol. The molecule has 5 heteroatoms. The van der Waals surface area contributed by atoms with Crippen molar-refractivity contribution < 1.29 is 28.5 Å². The molecule has 0 radical (unpaired) electrons. The zero-order chi connectivity index (χ0) is 9.52. The second kappa shape index (κ2) is 9.61. The maximum Gasteiger partial charge on any atom is 0.243 e. The molecule has 0 saturated heterocycles. The molecule has 1 heterocycles. The van der Waals surface area contributed by atoms with Gasteiger partial charge in [-0.2, -0.15) is 0 Å². The summed E-state index contributed by atoms with van der Waals surface area (Å²) in [5, 5.41) is 0. The van der Waals surface area contributed by atoms with Crippen molar-refractivity contribution in [3.63, 3.8) is 0 Å². The van der Waals surface area contributed by atoms with Crippen LogP contribution >= 0.6 is 45.2 Å². The van der Waals surface area contributed by atoms with E-state index in [2.05, 4.69) is 73.0 Å². The van der Waals surface area contributed by atoms with Gasteiger partial charge in [-0.3, -0.25) is 0 Å². The lowest BCUT2D eigenvalue weighted by molar-refractivity contribution is -0.696. The highest BCUT2D eigenvalue weighted by Crippen LogP contribution is 1.94. The predicted molar refractivity (Wildman–Crippen MR) is 71.6 cm³/mol. The molecular weight excluding hydrogens is 517 g/mol. The molecule has 82 valence electrons. The molecule has 0 unspecified atom stereocenters. The summed E-state index contributed by atoms with van der Waals surface area (Å²) >= 11 is 4.85. The summed E-state index contributed by atoms with van der Waals surface area (Å²) in [5.74, 6) is 0. The van der Waals surface area contributed by atoms with Gasteiger partial charge < -0.3 is 24.0 Å². The Morgan fingerprint density at radius 2 is 1.86 bits per heavy atom. The lowest BCUT2D eigenvalue weighted by atomic mass is 10.5. The molecule has 1 rings (SSSR count). The molecule has 0 spiro atoms. The van der Waals surface area contributed by atoms with E-state index >= 15 is 0 Å². The molecule has 2 nitrogen and oxygen atoms in total. The van der Waals surface area contributed by atoms with E-state index < -0.39 is 0 Å². The number of aryl methyl sites for hydroxylation is 2. The molecule has 0 aliphatic heterocycles. The summed E-state index contributed by atoms with van der Waals surface area (Å²) in [6.07, 6.45) is 9.07. The summed E-state index contributed by atoms with van der Waals surface area (Å²) in [5.41, 5.74) is 0. The van der Waals surface area contributed by atoms with E-state index in [-0.39, 0.29) is 24.0 Å². The second-order valence-electron chi connectivity index (χ2n) is 2.97. The van der Waals surface area contributed by atoms with Crippen molar-refractivity contribution in [3.8, 4) is 0 Å². The Bertz CT molecular complexity index is 215. The zero-order valence-corrected chi connectivity index (χ0v) is 14.5.